The summed E-state index contributed by atoms with van der Waals surface area (Å²) in [6.45, 7) is 6.03. The van der Waals surface area contributed by atoms with Crippen LogP contribution in [0.1, 0.15) is 52.4 Å². The van der Waals surface area contributed by atoms with Crippen LogP contribution in [0.5, 0.6) is 0 Å². The summed E-state index contributed by atoms with van der Waals surface area (Å²) in [5.74, 6) is -1.55. The summed E-state index contributed by atoms with van der Waals surface area (Å²) in [6, 6.07) is 0. The van der Waals surface area contributed by atoms with Gasteiger partial charge in [0.2, 0.25) is 35.4 Å². The fourth-order valence-electron chi connectivity index (χ4n) is 3.99. The van der Waals surface area contributed by atoms with Crippen molar-refractivity contribution in [1.82, 2.24) is 20.4 Å². The number of carbonyl (C=O) groups is 6. The molecule has 2 N–H and O–H groups in total. The van der Waals surface area contributed by atoms with Gasteiger partial charge in [-0.2, -0.15) is 0 Å². The second-order valence-electron chi connectivity index (χ2n) is 9.11. The van der Waals surface area contributed by atoms with E-state index < -0.39 is 0 Å². The Morgan fingerprint density at radius 2 is 1.11 bits per heavy atom. The lowest BCUT2D eigenvalue weighted by Gasteiger charge is -2.14. The molecule has 0 bridgehead atoms. The van der Waals surface area contributed by atoms with Gasteiger partial charge >= 0.3 is 0 Å². The molecule has 0 saturated carbocycles. The van der Waals surface area contributed by atoms with Crippen molar-refractivity contribution in [2.75, 3.05) is 52.6 Å². The summed E-state index contributed by atoms with van der Waals surface area (Å²) in [5, 5.41) is 5.45. The Labute approximate surface area is 211 Å². The van der Waals surface area contributed by atoms with Crippen molar-refractivity contribution in [2.45, 2.75) is 52.4 Å². The average Bonchev–Trinajstić information content (AvgIpc) is 3.22. The average molecular weight is 511 g/mol. The van der Waals surface area contributed by atoms with Gasteiger partial charge in [-0.05, 0) is 12.8 Å². The van der Waals surface area contributed by atoms with Crippen LogP contribution in [0.25, 0.3) is 0 Å². The number of hydrogen-bond acceptors (Lipinski definition) is 8. The van der Waals surface area contributed by atoms with Gasteiger partial charge in [0.15, 0.2) is 0 Å². The molecule has 6 amide bonds. The molecule has 2 aliphatic rings. The highest BCUT2D eigenvalue weighted by Crippen LogP contribution is 2.19. The Balaban J connectivity index is 1.35. The molecule has 2 atom stereocenters. The minimum absolute atomic E-state index is 0.161. The van der Waals surface area contributed by atoms with Gasteiger partial charge in [0.1, 0.15) is 0 Å². The van der Waals surface area contributed by atoms with Gasteiger partial charge in [0, 0.05) is 63.7 Å². The van der Waals surface area contributed by atoms with Crippen LogP contribution in [0.4, 0.5) is 0 Å². The first kappa shape index (κ1) is 29.4. The van der Waals surface area contributed by atoms with Crippen molar-refractivity contribution in [2.24, 2.45) is 11.8 Å². The third-order valence-corrected chi connectivity index (χ3v) is 6.02. The lowest BCUT2D eigenvalue weighted by atomic mass is 10.1. The highest BCUT2D eigenvalue weighted by molar-refractivity contribution is 6.03. The van der Waals surface area contributed by atoms with E-state index in [1.165, 1.54) is 9.80 Å². The summed E-state index contributed by atoms with van der Waals surface area (Å²) in [7, 11) is 0. The Morgan fingerprint density at radius 1 is 0.722 bits per heavy atom. The lowest BCUT2D eigenvalue weighted by molar-refractivity contribution is -0.141. The van der Waals surface area contributed by atoms with Crippen LogP contribution in [-0.2, 0) is 38.2 Å². The molecule has 2 rings (SSSR count). The molecular weight excluding hydrogens is 472 g/mol. The van der Waals surface area contributed by atoms with Crippen molar-refractivity contribution in [1.29, 1.82) is 0 Å². The fraction of sp³-hybridized carbons (Fsp3) is 0.750. The third-order valence-electron chi connectivity index (χ3n) is 6.02. The smallest absolute Gasteiger partial charge is 0.232 e. The van der Waals surface area contributed by atoms with Crippen LogP contribution in [0, 0.1) is 11.8 Å². The molecule has 202 valence electrons. The van der Waals surface area contributed by atoms with Gasteiger partial charge in [-0.25, -0.2) is 0 Å². The molecule has 0 aliphatic carbocycles. The fourth-order valence-corrected chi connectivity index (χ4v) is 3.99. The number of amides is 6. The van der Waals surface area contributed by atoms with Gasteiger partial charge in [-0.3, -0.25) is 38.6 Å². The number of hydrogen-bond donors (Lipinski definition) is 2. The van der Waals surface area contributed by atoms with Crippen LogP contribution in [0.15, 0.2) is 0 Å². The monoisotopic (exact) mass is 510 g/mol. The number of carbonyl (C=O) groups excluding carboxylic acids is 6. The summed E-state index contributed by atoms with van der Waals surface area (Å²) >= 11 is 0. The predicted molar refractivity (Wildman–Crippen MR) is 127 cm³/mol. The standard InChI is InChI=1S/C24H38N4O8/c1-17-15-21(31)27(23(17)33)9-3-5-19(29)25-7-11-35-13-14-36-12-8-26-20(30)6-4-10-28-22(32)16-18(2)24(28)34/h17-18H,3-16H2,1-2H3,(H,25,29)(H,26,30)/t17-,18?/m0/s1. The zero-order valence-corrected chi connectivity index (χ0v) is 21.2. The number of nitrogens with one attached hydrogen (secondary N) is 2. The van der Waals surface area contributed by atoms with E-state index in [2.05, 4.69) is 10.6 Å². The maximum Gasteiger partial charge on any atom is 0.232 e. The van der Waals surface area contributed by atoms with Crippen molar-refractivity contribution >= 4 is 35.4 Å². The normalized spacial score (nSPS) is 19.9. The first-order valence-corrected chi connectivity index (χ1v) is 12.6. The first-order chi connectivity index (χ1) is 17.2. The number of nitrogens with zero attached hydrogens (tertiary/aromatic N) is 2. The van der Waals surface area contributed by atoms with Gasteiger partial charge in [-0.15, -0.1) is 0 Å². The van der Waals surface area contributed by atoms with Crippen LogP contribution >= 0.6 is 0 Å². The molecule has 0 aromatic rings. The van der Waals surface area contributed by atoms with E-state index >= 15 is 0 Å². The predicted octanol–water partition coefficient (Wildman–Crippen LogP) is -0.398. The minimum atomic E-state index is -0.270. The zero-order valence-electron chi connectivity index (χ0n) is 21.2. The maximum absolute atomic E-state index is 11.8. The SMILES string of the molecule is CC1CC(=O)N(CCCC(=O)NCCOCCOCCNC(=O)CCCN2C(=O)C[C@H](C)C2=O)C1=O. The van der Waals surface area contributed by atoms with E-state index in [9.17, 15) is 28.8 Å². The lowest BCUT2D eigenvalue weighted by Crippen LogP contribution is -2.33. The summed E-state index contributed by atoms with van der Waals surface area (Å²) in [5.41, 5.74) is 0. The quantitative estimate of drug-likeness (QED) is 0.198. The van der Waals surface area contributed by atoms with E-state index in [1.54, 1.807) is 13.8 Å². The number of imide groups is 2. The third kappa shape index (κ3) is 9.65. The molecule has 36 heavy (non-hydrogen) atoms. The molecule has 2 fully saturated rings. The zero-order chi connectivity index (χ0) is 26.5. The van der Waals surface area contributed by atoms with E-state index in [4.69, 9.17) is 9.47 Å². The molecule has 0 aromatic heterocycles. The van der Waals surface area contributed by atoms with Crippen molar-refractivity contribution < 1.29 is 38.2 Å². The molecule has 0 spiro atoms. The van der Waals surface area contributed by atoms with Crippen LogP contribution in [-0.4, -0.2) is 97.8 Å². The van der Waals surface area contributed by atoms with Crippen LogP contribution in [0.3, 0.4) is 0 Å². The molecule has 2 saturated heterocycles. The highest BCUT2D eigenvalue weighted by Gasteiger charge is 2.35. The van der Waals surface area contributed by atoms with Crippen molar-refractivity contribution in [3.63, 3.8) is 0 Å². The molecule has 0 radical (unpaired) electrons. The molecule has 0 aromatic carbocycles. The van der Waals surface area contributed by atoms with Crippen LogP contribution < -0.4 is 10.6 Å². The molecule has 2 aliphatic heterocycles. The van der Waals surface area contributed by atoms with E-state index in [1.807, 2.05) is 0 Å². The van der Waals surface area contributed by atoms with E-state index in [0.29, 0.717) is 52.4 Å². The van der Waals surface area contributed by atoms with Gasteiger partial charge in [-0.1, -0.05) is 13.8 Å². The molecule has 1 unspecified atom stereocenters. The molecular formula is C24H38N4O8. The second kappa shape index (κ2) is 15.3. The summed E-state index contributed by atoms with van der Waals surface area (Å²) in [4.78, 5) is 73.2. The maximum atomic E-state index is 11.8. The van der Waals surface area contributed by atoms with Gasteiger partial charge in [0.05, 0.1) is 26.4 Å². The Hall–Kier alpha value is -2.86. The number of ether oxygens (including phenoxy) is 2. The van der Waals surface area contributed by atoms with E-state index in [0.717, 1.165) is 0 Å². The largest absolute Gasteiger partial charge is 0.377 e. The number of rotatable bonds is 17. The highest BCUT2D eigenvalue weighted by atomic mass is 16.5. The summed E-state index contributed by atoms with van der Waals surface area (Å²) < 4.78 is 10.8. The first-order valence-electron chi connectivity index (χ1n) is 12.6. The van der Waals surface area contributed by atoms with E-state index in [-0.39, 0.29) is 86.1 Å². The molecule has 12 heteroatoms. The number of likely N-dealkylation sites (tertiary alicyclic amines) is 2. The molecule has 12 nitrogen and oxygen atoms in total. The Kier molecular flexibility index (Phi) is 12.5. The Morgan fingerprint density at radius 3 is 1.44 bits per heavy atom. The molecule has 2 heterocycles. The minimum Gasteiger partial charge on any atom is -0.377 e. The summed E-state index contributed by atoms with van der Waals surface area (Å²) in [6.07, 6.45) is 1.80. The van der Waals surface area contributed by atoms with Gasteiger partial charge < -0.3 is 20.1 Å². The Bertz CT molecular complexity index is 752. The van der Waals surface area contributed by atoms with Crippen molar-refractivity contribution in [3.05, 3.63) is 0 Å². The van der Waals surface area contributed by atoms with Gasteiger partial charge in [0.25, 0.3) is 0 Å². The van der Waals surface area contributed by atoms with Crippen molar-refractivity contribution in [3.8, 4) is 0 Å². The topological polar surface area (TPSA) is 151 Å². The van der Waals surface area contributed by atoms with Crippen LogP contribution in [0.2, 0.25) is 0 Å². The second-order valence-corrected chi connectivity index (χ2v) is 9.11.